The second-order valence-corrected chi connectivity index (χ2v) is 4.59. The Morgan fingerprint density at radius 1 is 1.15 bits per heavy atom. The molecule has 3 nitrogen and oxygen atoms in total. The molecule has 98 valence electrons. The fourth-order valence-corrected chi connectivity index (χ4v) is 2.45. The maximum atomic E-state index is 12.0. The van der Waals surface area contributed by atoms with E-state index in [-0.39, 0.29) is 0 Å². The van der Waals surface area contributed by atoms with Crippen molar-refractivity contribution in [2.75, 3.05) is 0 Å². The minimum Gasteiger partial charge on any atom is -0.317 e. The van der Waals surface area contributed by atoms with Gasteiger partial charge in [0.1, 0.15) is 5.69 Å². The molecule has 0 fully saturated rings. The molecule has 1 aliphatic heterocycles. The van der Waals surface area contributed by atoms with Crippen molar-refractivity contribution in [2.24, 2.45) is 0 Å². The lowest BCUT2D eigenvalue weighted by molar-refractivity contribution is -0.104. The van der Waals surface area contributed by atoms with E-state index in [1.807, 2.05) is 60.8 Å². The van der Waals surface area contributed by atoms with Crippen molar-refractivity contribution in [2.45, 2.75) is 6.42 Å². The topological polar surface area (TPSA) is 39.1 Å². The normalized spacial score (nSPS) is 12.8. The van der Waals surface area contributed by atoms with Gasteiger partial charge in [0.25, 0.3) is 0 Å². The molecule has 0 amide bonds. The van der Waals surface area contributed by atoms with E-state index < -0.39 is 5.78 Å². The lowest BCUT2D eigenvalue weighted by Gasteiger charge is -2.05. The molecule has 0 unspecified atom stereocenters. The van der Waals surface area contributed by atoms with Crippen LogP contribution in [-0.2, 0) is 11.2 Å². The van der Waals surface area contributed by atoms with Gasteiger partial charge in [-0.1, -0.05) is 42.5 Å². The summed E-state index contributed by atoms with van der Waals surface area (Å²) in [6.45, 7) is 0. The Morgan fingerprint density at radius 3 is 2.70 bits per heavy atom. The molecule has 3 rings (SSSR count). The largest absolute Gasteiger partial charge is 0.317 e. The van der Waals surface area contributed by atoms with Gasteiger partial charge >= 0.3 is 0 Å². The molecular weight excluding hydrogens is 250 g/mol. The molecule has 20 heavy (non-hydrogen) atoms. The van der Waals surface area contributed by atoms with Crippen LogP contribution in [0.2, 0.25) is 0 Å². The lowest BCUT2D eigenvalue weighted by Crippen LogP contribution is -2.08. The summed E-state index contributed by atoms with van der Waals surface area (Å²) in [6, 6.07) is 11.6. The summed E-state index contributed by atoms with van der Waals surface area (Å²) in [5.74, 6) is -0.498. The van der Waals surface area contributed by atoms with Crippen molar-refractivity contribution in [1.82, 2.24) is 4.57 Å². The van der Waals surface area contributed by atoms with Crippen LogP contribution in [0, 0.1) is 0 Å². The molecule has 2 aromatic rings. The zero-order valence-electron chi connectivity index (χ0n) is 10.8. The summed E-state index contributed by atoms with van der Waals surface area (Å²) in [5.41, 5.74) is 3.17. The molecule has 1 aliphatic rings. The highest BCUT2D eigenvalue weighted by Crippen LogP contribution is 2.29. The van der Waals surface area contributed by atoms with Crippen LogP contribution in [0.3, 0.4) is 0 Å². The number of allylic oxidation sites excluding steroid dienone is 3. The molecule has 0 spiro atoms. The summed E-state index contributed by atoms with van der Waals surface area (Å²) < 4.78 is 1.80. The highest BCUT2D eigenvalue weighted by molar-refractivity contribution is 6.34. The summed E-state index contributed by atoms with van der Waals surface area (Å²) in [6.07, 6.45) is 8.76. The quantitative estimate of drug-likeness (QED) is 0.485. The van der Waals surface area contributed by atoms with Gasteiger partial charge in [0.2, 0.25) is 5.78 Å². The Hall–Kier alpha value is -2.68. The SMILES string of the molecule is O=CC(=O)c1c(-c2ccccc2)cc2n1C=CC=CC2. The Morgan fingerprint density at radius 2 is 1.95 bits per heavy atom. The van der Waals surface area contributed by atoms with Gasteiger partial charge in [0.05, 0.1) is 0 Å². The highest BCUT2D eigenvalue weighted by Gasteiger charge is 2.20. The fourth-order valence-electron chi connectivity index (χ4n) is 2.45. The maximum absolute atomic E-state index is 12.0. The van der Waals surface area contributed by atoms with Gasteiger partial charge in [0, 0.05) is 23.9 Å². The molecule has 0 saturated heterocycles. The minimum absolute atomic E-state index is 0.376. The van der Waals surface area contributed by atoms with Crippen molar-refractivity contribution in [3.63, 3.8) is 0 Å². The monoisotopic (exact) mass is 263 g/mol. The van der Waals surface area contributed by atoms with E-state index in [1.165, 1.54) is 0 Å². The van der Waals surface area contributed by atoms with Gasteiger partial charge in [-0.05, 0) is 17.7 Å². The van der Waals surface area contributed by atoms with E-state index in [1.54, 1.807) is 4.57 Å². The smallest absolute Gasteiger partial charge is 0.242 e. The number of benzene rings is 1. The van der Waals surface area contributed by atoms with Gasteiger partial charge < -0.3 is 4.57 Å². The molecule has 3 heteroatoms. The number of Topliss-reactive ketones (excluding diaryl/α,β-unsaturated/α-hetero) is 1. The Kier molecular flexibility index (Phi) is 3.17. The Balaban J connectivity index is 2.25. The van der Waals surface area contributed by atoms with Crippen LogP contribution >= 0.6 is 0 Å². The number of nitrogens with zero attached hydrogens (tertiary/aromatic N) is 1. The number of hydrogen-bond acceptors (Lipinski definition) is 2. The number of aromatic nitrogens is 1. The maximum Gasteiger partial charge on any atom is 0.242 e. The number of carbonyl (C=O) groups is 2. The fraction of sp³-hybridized carbons (Fsp3) is 0.0588. The van der Waals surface area contributed by atoms with E-state index in [2.05, 4.69) is 0 Å². The van der Waals surface area contributed by atoms with Crippen molar-refractivity contribution in [1.29, 1.82) is 0 Å². The van der Waals surface area contributed by atoms with E-state index in [9.17, 15) is 9.59 Å². The van der Waals surface area contributed by atoms with Gasteiger partial charge in [-0.3, -0.25) is 9.59 Å². The standard InChI is InChI=1S/C17H13NO2/c19-12-16(20)17-15(13-7-3-1-4-8-13)11-14-9-5-2-6-10-18(14)17/h1-8,10-12H,9H2. The van der Waals surface area contributed by atoms with Crippen LogP contribution in [0.25, 0.3) is 17.3 Å². The molecule has 1 aromatic heterocycles. The predicted octanol–water partition coefficient (Wildman–Crippen LogP) is 3.12. The Bertz CT molecular complexity index is 721. The first kappa shape index (κ1) is 12.4. The molecule has 0 saturated carbocycles. The van der Waals surface area contributed by atoms with Gasteiger partial charge in [-0.15, -0.1) is 0 Å². The second-order valence-electron chi connectivity index (χ2n) is 4.59. The van der Waals surface area contributed by atoms with E-state index in [0.717, 1.165) is 23.2 Å². The average Bonchev–Trinajstić information content (AvgIpc) is 2.70. The molecule has 2 heterocycles. The molecule has 0 bridgehead atoms. The summed E-state index contributed by atoms with van der Waals surface area (Å²) in [4.78, 5) is 23.0. The third-order valence-electron chi connectivity index (χ3n) is 3.35. The highest BCUT2D eigenvalue weighted by atomic mass is 16.2. The van der Waals surface area contributed by atoms with Gasteiger partial charge in [-0.2, -0.15) is 0 Å². The van der Waals surface area contributed by atoms with E-state index in [0.29, 0.717) is 12.0 Å². The number of ketones is 1. The average molecular weight is 263 g/mol. The van der Waals surface area contributed by atoms with Gasteiger partial charge in [-0.25, -0.2) is 0 Å². The summed E-state index contributed by atoms with van der Waals surface area (Å²) >= 11 is 0. The molecule has 0 N–H and O–H groups in total. The van der Waals surface area contributed by atoms with Crippen LogP contribution in [0.4, 0.5) is 0 Å². The predicted molar refractivity (Wildman–Crippen MR) is 78.4 cm³/mol. The molecule has 0 aliphatic carbocycles. The van der Waals surface area contributed by atoms with E-state index >= 15 is 0 Å². The number of aldehydes is 1. The zero-order valence-corrected chi connectivity index (χ0v) is 10.8. The second kappa shape index (κ2) is 5.13. The van der Waals surface area contributed by atoms with Crippen LogP contribution in [-0.4, -0.2) is 16.6 Å². The van der Waals surface area contributed by atoms with Crippen molar-refractivity contribution >= 4 is 18.3 Å². The first-order valence-electron chi connectivity index (χ1n) is 6.43. The van der Waals surface area contributed by atoms with Crippen LogP contribution in [0.5, 0.6) is 0 Å². The van der Waals surface area contributed by atoms with Crippen LogP contribution in [0.15, 0.2) is 54.6 Å². The van der Waals surface area contributed by atoms with Crippen LogP contribution < -0.4 is 0 Å². The molecule has 0 radical (unpaired) electrons. The zero-order chi connectivity index (χ0) is 13.9. The number of hydrogen-bond donors (Lipinski definition) is 0. The summed E-state index contributed by atoms with van der Waals surface area (Å²) in [5, 5.41) is 0. The number of fused-ring (bicyclic) bond motifs is 1. The minimum atomic E-state index is -0.498. The third kappa shape index (κ3) is 2.03. The van der Waals surface area contributed by atoms with Crippen molar-refractivity contribution in [3.05, 3.63) is 66.0 Å². The third-order valence-corrected chi connectivity index (χ3v) is 3.35. The molecule has 0 atom stereocenters. The molecular formula is C17H13NO2. The lowest BCUT2D eigenvalue weighted by atomic mass is 10.0. The van der Waals surface area contributed by atoms with Crippen molar-refractivity contribution < 1.29 is 9.59 Å². The van der Waals surface area contributed by atoms with Crippen molar-refractivity contribution in [3.8, 4) is 11.1 Å². The van der Waals surface area contributed by atoms with E-state index in [4.69, 9.17) is 0 Å². The first-order chi connectivity index (χ1) is 9.81. The van der Waals surface area contributed by atoms with Gasteiger partial charge in [0.15, 0.2) is 6.29 Å². The summed E-state index contributed by atoms with van der Waals surface area (Å²) in [7, 11) is 0. The molecule has 1 aromatic carbocycles. The van der Waals surface area contributed by atoms with Crippen LogP contribution in [0.1, 0.15) is 16.2 Å². The number of rotatable bonds is 3. The first-order valence-corrected chi connectivity index (χ1v) is 6.43. The number of carbonyl (C=O) groups excluding carboxylic acids is 2. The Labute approximate surface area is 116 Å².